The zero-order valence-corrected chi connectivity index (χ0v) is 18.6. The Bertz CT molecular complexity index is 982. The molecule has 6 heteroatoms. The van der Waals surface area contributed by atoms with Crippen LogP contribution in [0.2, 0.25) is 0 Å². The number of ether oxygens (including phenoxy) is 1. The van der Waals surface area contributed by atoms with Gasteiger partial charge in [-0.25, -0.2) is 0 Å². The number of amides is 1. The second-order valence-corrected chi connectivity index (χ2v) is 7.97. The first-order chi connectivity index (χ1) is 14.9. The van der Waals surface area contributed by atoms with Crippen molar-refractivity contribution < 1.29 is 19.4 Å². The highest BCUT2D eigenvalue weighted by Crippen LogP contribution is 2.40. The lowest BCUT2D eigenvalue weighted by atomic mass is 9.93. The van der Waals surface area contributed by atoms with E-state index in [0.717, 1.165) is 24.2 Å². The van der Waals surface area contributed by atoms with Gasteiger partial charge in [-0.2, -0.15) is 0 Å². The number of hydrogen-bond acceptors (Lipinski definition) is 5. The Morgan fingerprint density at radius 2 is 2.00 bits per heavy atom. The van der Waals surface area contributed by atoms with E-state index < -0.39 is 17.7 Å². The van der Waals surface area contributed by atoms with E-state index in [1.807, 2.05) is 39.8 Å². The summed E-state index contributed by atoms with van der Waals surface area (Å²) in [6.07, 6.45) is 4.94. The summed E-state index contributed by atoms with van der Waals surface area (Å²) >= 11 is 0. The molecule has 0 aliphatic carbocycles. The van der Waals surface area contributed by atoms with Crippen LogP contribution in [0.25, 0.3) is 5.76 Å². The van der Waals surface area contributed by atoms with Crippen molar-refractivity contribution in [3.63, 3.8) is 0 Å². The number of hydrogen-bond donors (Lipinski definition) is 1. The summed E-state index contributed by atoms with van der Waals surface area (Å²) in [6.45, 7) is 9.02. The molecule has 2 heterocycles. The van der Waals surface area contributed by atoms with Crippen LogP contribution < -0.4 is 4.74 Å². The molecule has 31 heavy (non-hydrogen) atoms. The molecule has 0 saturated carbocycles. The van der Waals surface area contributed by atoms with Gasteiger partial charge in [-0.15, -0.1) is 0 Å². The van der Waals surface area contributed by atoms with Crippen molar-refractivity contribution in [3.05, 3.63) is 65.0 Å². The number of likely N-dealkylation sites (tertiary alicyclic amines) is 1. The van der Waals surface area contributed by atoms with E-state index in [0.29, 0.717) is 24.3 Å². The molecule has 1 aromatic carbocycles. The van der Waals surface area contributed by atoms with Gasteiger partial charge in [0.05, 0.1) is 18.2 Å². The number of pyridine rings is 1. The van der Waals surface area contributed by atoms with Gasteiger partial charge >= 0.3 is 0 Å². The van der Waals surface area contributed by atoms with Crippen molar-refractivity contribution >= 4 is 17.4 Å². The van der Waals surface area contributed by atoms with Gasteiger partial charge in [-0.05, 0) is 54.7 Å². The zero-order valence-electron chi connectivity index (χ0n) is 18.6. The summed E-state index contributed by atoms with van der Waals surface area (Å²) in [7, 11) is 0. The number of unbranched alkanes of at least 4 members (excludes halogenated alkanes) is 1. The SMILES string of the molecule is CCCCN1C(=O)C(=O)/C(=C(\O)c2ccc(OCC)c(C(C)C)c2)C1c1cccnc1. The van der Waals surface area contributed by atoms with Crippen LogP contribution in [0, 0.1) is 0 Å². The van der Waals surface area contributed by atoms with Gasteiger partial charge < -0.3 is 14.7 Å². The first-order valence-corrected chi connectivity index (χ1v) is 10.9. The molecule has 1 aliphatic rings. The van der Waals surface area contributed by atoms with E-state index in [-0.39, 0.29) is 17.3 Å². The number of benzene rings is 1. The van der Waals surface area contributed by atoms with Gasteiger partial charge in [0.25, 0.3) is 11.7 Å². The maximum absolute atomic E-state index is 13.0. The Morgan fingerprint density at radius 1 is 1.23 bits per heavy atom. The fourth-order valence-electron chi connectivity index (χ4n) is 3.91. The second-order valence-electron chi connectivity index (χ2n) is 7.97. The van der Waals surface area contributed by atoms with Crippen molar-refractivity contribution in [1.82, 2.24) is 9.88 Å². The van der Waals surface area contributed by atoms with Crippen LogP contribution in [-0.4, -0.2) is 39.8 Å². The molecule has 1 fully saturated rings. The fraction of sp³-hybridized carbons (Fsp3) is 0.400. The molecule has 2 aromatic rings. The van der Waals surface area contributed by atoms with Gasteiger partial charge in [0.15, 0.2) is 0 Å². The van der Waals surface area contributed by atoms with Gasteiger partial charge in [0.2, 0.25) is 0 Å². The van der Waals surface area contributed by atoms with Crippen LogP contribution in [0.1, 0.15) is 69.2 Å². The number of rotatable bonds is 8. The van der Waals surface area contributed by atoms with E-state index in [9.17, 15) is 14.7 Å². The lowest BCUT2D eigenvalue weighted by molar-refractivity contribution is -0.139. The number of carbonyl (C=O) groups excluding carboxylic acids is 2. The Labute approximate surface area is 183 Å². The first kappa shape index (κ1) is 22.5. The summed E-state index contributed by atoms with van der Waals surface area (Å²) in [5.41, 5.74) is 2.24. The molecule has 0 bridgehead atoms. The minimum absolute atomic E-state index is 0.105. The smallest absolute Gasteiger partial charge is 0.295 e. The van der Waals surface area contributed by atoms with E-state index in [1.54, 1.807) is 35.5 Å². The molecule has 164 valence electrons. The minimum Gasteiger partial charge on any atom is -0.507 e. The third kappa shape index (κ3) is 4.48. The molecule has 1 N–H and O–H groups in total. The minimum atomic E-state index is -0.664. The molecular formula is C25H30N2O4. The van der Waals surface area contributed by atoms with Crippen LogP contribution in [0.15, 0.2) is 48.3 Å². The Hall–Kier alpha value is -3.15. The molecule has 1 aliphatic heterocycles. The Kier molecular flexibility index (Phi) is 7.10. The molecule has 0 radical (unpaired) electrons. The number of aliphatic hydroxyl groups excluding tert-OH is 1. The monoisotopic (exact) mass is 422 g/mol. The highest BCUT2D eigenvalue weighted by Gasteiger charge is 2.45. The molecule has 1 unspecified atom stereocenters. The van der Waals surface area contributed by atoms with E-state index in [2.05, 4.69) is 4.98 Å². The first-order valence-electron chi connectivity index (χ1n) is 10.9. The predicted molar refractivity (Wildman–Crippen MR) is 120 cm³/mol. The third-order valence-corrected chi connectivity index (χ3v) is 5.50. The molecule has 1 atom stereocenters. The number of aliphatic hydroxyl groups is 1. The van der Waals surface area contributed by atoms with Crippen LogP contribution in [-0.2, 0) is 9.59 Å². The molecule has 0 spiro atoms. The van der Waals surface area contributed by atoms with Gasteiger partial charge in [-0.1, -0.05) is 33.3 Å². The summed E-state index contributed by atoms with van der Waals surface area (Å²) in [5, 5.41) is 11.2. The van der Waals surface area contributed by atoms with Gasteiger partial charge in [0, 0.05) is 24.5 Å². The average Bonchev–Trinajstić information content (AvgIpc) is 3.02. The Morgan fingerprint density at radius 3 is 2.61 bits per heavy atom. The molecule has 6 nitrogen and oxygen atoms in total. The molecule has 1 amide bonds. The molecular weight excluding hydrogens is 392 g/mol. The highest BCUT2D eigenvalue weighted by molar-refractivity contribution is 6.46. The van der Waals surface area contributed by atoms with E-state index in [1.165, 1.54) is 0 Å². The maximum Gasteiger partial charge on any atom is 0.295 e. The number of carbonyl (C=O) groups is 2. The quantitative estimate of drug-likeness (QED) is 0.375. The Balaban J connectivity index is 2.15. The van der Waals surface area contributed by atoms with Gasteiger partial charge in [-0.3, -0.25) is 14.6 Å². The largest absolute Gasteiger partial charge is 0.507 e. The highest BCUT2D eigenvalue weighted by atomic mass is 16.5. The lowest BCUT2D eigenvalue weighted by Crippen LogP contribution is -2.30. The van der Waals surface area contributed by atoms with Crippen molar-refractivity contribution in [1.29, 1.82) is 0 Å². The van der Waals surface area contributed by atoms with Crippen LogP contribution >= 0.6 is 0 Å². The standard InChI is InChI=1S/C25H30N2O4/c1-5-7-13-27-22(18-9-8-12-26-15-18)21(24(29)25(27)30)23(28)17-10-11-20(31-6-2)19(14-17)16(3)4/h8-12,14-16,22,28H,5-7,13H2,1-4H3/b23-21-. The van der Waals surface area contributed by atoms with Crippen molar-refractivity contribution in [2.75, 3.05) is 13.2 Å². The van der Waals surface area contributed by atoms with Crippen LogP contribution in [0.3, 0.4) is 0 Å². The number of aromatic nitrogens is 1. The van der Waals surface area contributed by atoms with Gasteiger partial charge in [0.1, 0.15) is 11.5 Å². The topological polar surface area (TPSA) is 79.7 Å². The summed E-state index contributed by atoms with van der Waals surface area (Å²) < 4.78 is 5.71. The molecule has 1 aromatic heterocycles. The predicted octanol–water partition coefficient (Wildman–Crippen LogP) is 4.83. The lowest BCUT2D eigenvalue weighted by Gasteiger charge is -2.25. The summed E-state index contributed by atoms with van der Waals surface area (Å²) in [4.78, 5) is 31.6. The second kappa shape index (κ2) is 9.77. The number of nitrogens with zero attached hydrogens (tertiary/aromatic N) is 2. The molecule has 1 saturated heterocycles. The molecule has 3 rings (SSSR count). The summed E-state index contributed by atoms with van der Waals surface area (Å²) in [6, 6.07) is 8.31. The zero-order chi connectivity index (χ0) is 22.5. The average molecular weight is 423 g/mol. The van der Waals surface area contributed by atoms with Crippen molar-refractivity contribution in [2.24, 2.45) is 0 Å². The third-order valence-electron chi connectivity index (χ3n) is 5.50. The fourth-order valence-corrected chi connectivity index (χ4v) is 3.91. The van der Waals surface area contributed by atoms with E-state index in [4.69, 9.17) is 4.74 Å². The maximum atomic E-state index is 13.0. The van der Waals surface area contributed by atoms with Crippen LogP contribution in [0.5, 0.6) is 5.75 Å². The van der Waals surface area contributed by atoms with Crippen LogP contribution in [0.4, 0.5) is 0 Å². The summed E-state index contributed by atoms with van der Waals surface area (Å²) in [5.74, 6) is -0.505. The van der Waals surface area contributed by atoms with E-state index >= 15 is 0 Å². The van der Waals surface area contributed by atoms with Crippen molar-refractivity contribution in [2.45, 2.75) is 52.5 Å². The normalized spacial score (nSPS) is 18.1. The number of ketones is 1. The van der Waals surface area contributed by atoms with Crippen molar-refractivity contribution in [3.8, 4) is 5.75 Å². The number of Topliss-reactive ketones (excluding diaryl/α,β-unsaturated/α-hetero) is 1.